The Hall–Kier alpha value is 1.14. The molecule has 1 aliphatic heterocycles. The molecule has 3 N–H and O–H groups in total. The van der Waals surface area contributed by atoms with Crippen molar-refractivity contribution in [3.63, 3.8) is 0 Å². The predicted molar refractivity (Wildman–Crippen MR) is 46.2 cm³/mol. The van der Waals surface area contributed by atoms with Crippen molar-refractivity contribution in [1.82, 2.24) is 0 Å². The summed E-state index contributed by atoms with van der Waals surface area (Å²) in [7, 11) is -3.72. The molecule has 5 atom stereocenters. The van der Waals surface area contributed by atoms with Gasteiger partial charge in [-0.15, -0.1) is 0 Å². The monoisotopic (exact) mass is 270 g/mol. The van der Waals surface area contributed by atoms with E-state index in [4.69, 9.17) is 4.74 Å². The SMILES string of the molecule is CO[C@H]1O[C@H](CP(=O)([O-])[O-])[C@@H](O)[C@H](O)[C@H]1O.[Li+].[Li+]. The van der Waals surface area contributed by atoms with Gasteiger partial charge in [0, 0.05) is 13.3 Å². The number of hydrogen-bond donors (Lipinski definition) is 3. The Balaban J connectivity index is 0. The van der Waals surface area contributed by atoms with E-state index in [0.29, 0.717) is 0 Å². The van der Waals surface area contributed by atoms with E-state index in [1.165, 1.54) is 7.11 Å². The first kappa shape index (κ1) is 21.4. The molecule has 1 fully saturated rings. The van der Waals surface area contributed by atoms with Gasteiger partial charge in [-0.1, -0.05) is 7.60 Å². The van der Waals surface area contributed by atoms with Gasteiger partial charge < -0.3 is 39.1 Å². The van der Waals surface area contributed by atoms with Crippen molar-refractivity contribution in [2.45, 2.75) is 30.7 Å². The van der Waals surface area contributed by atoms with Crippen LogP contribution in [0.5, 0.6) is 0 Å². The van der Waals surface area contributed by atoms with Crippen molar-refractivity contribution in [3.8, 4) is 0 Å². The molecule has 0 aromatic heterocycles. The molecule has 1 heterocycles. The van der Waals surface area contributed by atoms with E-state index in [-0.39, 0.29) is 37.7 Å². The second kappa shape index (κ2) is 8.44. The molecule has 0 unspecified atom stereocenters. The van der Waals surface area contributed by atoms with E-state index in [1.54, 1.807) is 0 Å². The van der Waals surface area contributed by atoms with E-state index in [0.717, 1.165) is 0 Å². The van der Waals surface area contributed by atoms with Crippen LogP contribution < -0.4 is 47.5 Å². The van der Waals surface area contributed by atoms with Crippen LogP contribution in [0.25, 0.3) is 0 Å². The van der Waals surface area contributed by atoms with Gasteiger partial charge in [0.15, 0.2) is 6.29 Å². The minimum absolute atomic E-state index is 0. The topological polar surface area (TPSA) is 142 Å². The number of hydrogen-bond acceptors (Lipinski definition) is 8. The Morgan fingerprint density at radius 2 is 1.67 bits per heavy atom. The summed E-state index contributed by atoms with van der Waals surface area (Å²) in [6, 6.07) is 0. The smallest absolute Gasteiger partial charge is 0.811 e. The number of ether oxygens (including phenoxy) is 2. The van der Waals surface area contributed by atoms with Crippen LogP contribution in [0.15, 0.2) is 0 Å². The standard InChI is InChI=1S/C7H15O8P.2Li/c1-14-7-6(10)5(9)4(8)3(15-7)2-16(11,12)13;;/h3-10H,2H2,1H3,(H2,11,12,13);;/q;2*+1/p-2/t3-,4-,5+,6-,7+;;/m1../s1. The van der Waals surface area contributed by atoms with Gasteiger partial charge in [0.1, 0.15) is 18.3 Å². The zero-order valence-corrected chi connectivity index (χ0v) is 11.3. The Morgan fingerprint density at radius 1 is 1.17 bits per heavy atom. The van der Waals surface area contributed by atoms with Gasteiger partial charge in [-0.3, -0.25) is 0 Å². The third-order valence-corrected chi connectivity index (χ3v) is 3.11. The molecule has 0 aromatic carbocycles. The van der Waals surface area contributed by atoms with Gasteiger partial charge in [0.2, 0.25) is 0 Å². The minimum atomic E-state index is -4.89. The normalized spacial score (nSPS) is 36.4. The van der Waals surface area contributed by atoms with Crippen molar-refractivity contribution < 1.29 is 76.9 Å². The Kier molecular flexibility index (Phi) is 10.0. The summed E-state index contributed by atoms with van der Waals surface area (Å²) >= 11 is 0. The van der Waals surface area contributed by atoms with Crippen molar-refractivity contribution >= 4 is 7.60 Å². The summed E-state index contributed by atoms with van der Waals surface area (Å²) in [5.74, 6) is 0. The molecule has 0 spiro atoms. The van der Waals surface area contributed by atoms with Crippen LogP contribution >= 0.6 is 7.60 Å². The third kappa shape index (κ3) is 5.64. The van der Waals surface area contributed by atoms with Crippen molar-refractivity contribution in [2.24, 2.45) is 0 Å². The maximum Gasteiger partial charge on any atom is 1.00 e. The average Bonchev–Trinajstić information content (AvgIpc) is 2.17. The van der Waals surface area contributed by atoms with Gasteiger partial charge >= 0.3 is 37.7 Å². The van der Waals surface area contributed by atoms with Crippen LogP contribution in [0, 0.1) is 0 Å². The van der Waals surface area contributed by atoms with E-state index in [1.807, 2.05) is 0 Å². The zero-order valence-electron chi connectivity index (χ0n) is 10.4. The maximum absolute atomic E-state index is 10.5. The first-order valence-electron chi connectivity index (χ1n) is 4.50. The predicted octanol–water partition coefficient (Wildman–Crippen LogP) is -9.64. The van der Waals surface area contributed by atoms with Gasteiger partial charge in [-0.25, -0.2) is 0 Å². The molecular weight excluding hydrogens is 257 g/mol. The van der Waals surface area contributed by atoms with Crippen LogP contribution in [-0.2, 0) is 14.0 Å². The van der Waals surface area contributed by atoms with E-state index < -0.39 is 44.5 Å². The Morgan fingerprint density at radius 3 is 2.06 bits per heavy atom. The summed E-state index contributed by atoms with van der Waals surface area (Å²) in [5.41, 5.74) is 0. The van der Waals surface area contributed by atoms with E-state index >= 15 is 0 Å². The first-order valence-corrected chi connectivity index (χ1v) is 6.22. The largest absolute Gasteiger partial charge is 1.00 e. The number of aliphatic hydroxyl groups excluding tert-OH is 3. The molecule has 18 heavy (non-hydrogen) atoms. The van der Waals surface area contributed by atoms with Crippen LogP contribution in [-0.4, -0.2) is 59.3 Å². The van der Waals surface area contributed by atoms with Gasteiger partial charge in [-0.05, 0) is 0 Å². The van der Waals surface area contributed by atoms with Gasteiger partial charge in [-0.2, -0.15) is 0 Å². The first-order chi connectivity index (χ1) is 7.26. The molecule has 8 nitrogen and oxygen atoms in total. The number of methoxy groups -OCH3 is 1. The summed E-state index contributed by atoms with van der Waals surface area (Å²) in [6.07, 6.45) is -8.46. The summed E-state index contributed by atoms with van der Waals surface area (Å²) < 4.78 is 20.0. The maximum atomic E-state index is 10.5. The molecule has 0 aromatic rings. The molecule has 0 radical (unpaired) electrons. The molecule has 0 saturated carbocycles. The number of rotatable bonds is 3. The molecule has 11 heteroatoms. The second-order valence-electron chi connectivity index (χ2n) is 3.54. The fourth-order valence-corrected chi connectivity index (χ4v) is 2.23. The molecule has 1 aliphatic rings. The van der Waals surface area contributed by atoms with Crippen LogP contribution in [0.2, 0.25) is 0 Å². The van der Waals surface area contributed by atoms with Gasteiger partial charge in [0.05, 0.1) is 6.10 Å². The summed E-state index contributed by atoms with van der Waals surface area (Å²) in [4.78, 5) is 21.0. The van der Waals surface area contributed by atoms with E-state index in [9.17, 15) is 29.7 Å². The Bertz CT molecular complexity index is 285. The molecule has 0 aliphatic carbocycles. The quantitative estimate of drug-likeness (QED) is 0.339. The fourth-order valence-electron chi connectivity index (χ4n) is 1.48. The van der Waals surface area contributed by atoms with Crippen molar-refractivity contribution in [1.29, 1.82) is 0 Å². The summed E-state index contributed by atoms with van der Waals surface area (Å²) in [6.45, 7) is 0. The second-order valence-corrected chi connectivity index (χ2v) is 5.13. The molecule has 0 bridgehead atoms. The van der Waals surface area contributed by atoms with Crippen molar-refractivity contribution in [3.05, 3.63) is 0 Å². The molecule has 0 amide bonds. The van der Waals surface area contributed by atoms with Crippen LogP contribution in [0.3, 0.4) is 0 Å². The Labute approximate surface area is 128 Å². The van der Waals surface area contributed by atoms with Gasteiger partial charge in [0.25, 0.3) is 0 Å². The molecular formula is C7H13Li2O8P. The van der Waals surface area contributed by atoms with E-state index in [2.05, 4.69) is 4.74 Å². The average molecular weight is 270 g/mol. The number of aliphatic hydroxyl groups is 3. The molecule has 96 valence electrons. The van der Waals surface area contributed by atoms with Crippen molar-refractivity contribution in [2.75, 3.05) is 13.3 Å². The minimum Gasteiger partial charge on any atom is -0.811 e. The zero-order chi connectivity index (χ0) is 12.5. The third-order valence-electron chi connectivity index (χ3n) is 2.30. The van der Waals surface area contributed by atoms with Crippen LogP contribution in [0.1, 0.15) is 0 Å². The fraction of sp³-hybridized carbons (Fsp3) is 1.00. The molecule has 1 rings (SSSR count). The molecule has 1 saturated heterocycles. The van der Waals surface area contributed by atoms with Crippen LogP contribution in [0.4, 0.5) is 0 Å². The summed E-state index contributed by atoms with van der Waals surface area (Å²) in [5, 5.41) is 28.1.